The molecular weight excluding hydrogens is 587 g/mol. The van der Waals surface area contributed by atoms with Crippen LogP contribution in [0.25, 0.3) is 0 Å². The molecule has 2 rings (SSSR count). The van der Waals surface area contributed by atoms with Crippen LogP contribution in [0.3, 0.4) is 0 Å². The lowest BCUT2D eigenvalue weighted by atomic mass is 10.00. The molecule has 0 aliphatic carbocycles. The molecule has 0 heterocycles. The van der Waals surface area contributed by atoms with Crippen LogP contribution in [0.4, 0.5) is 13.2 Å². The molecule has 240 valence electrons. The summed E-state index contributed by atoms with van der Waals surface area (Å²) in [6, 6.07) is 8.96. The number of phenols is 1. The van der Waals surface area contributed by atoms with Gasteiger partial charge in [-0.05, 0) is 43.0 Å². The molecule has 44 heavy (non-hydrogen) atoms. The van der Waals surface area contributed by atoms with Crippen molar-refractivity contribution < 1.29 is 47.4 Å². The molecular formula is C29H36F3N5O7. The number of alkyl halides is 3. The van der Waals surface area contributed by atoms with Crippen molar-refractivity contribution in [3.63, 3.8) is 0 Å². The molecule has 2 aromatic carbocycles. The van der Waals surface area contributed by atoms with Gasteiger partial charge < -0.3 is 37.2 Å². The predicted molar refractivity (Wildman–Crippen MR) is 152 cm³/mol. The molecule has 0 spiro atoms. The normalized spacial score (nSPS) is 14.7. The largest absolute Gasteiger partial charge is 0.508 e. The van der Waals surface area contributed by atoms with E-state index in [1.165, 1.54) is 19.1 Å². The number of hydrogen-bond acceptors (Lipinski definition) is 7. The minimum atomic E-state index is -4.68. The highest BCUT2D eigenvalue weighted by Crippen LogP contribution is 2.29. The minimum Gasteiger partial charge on any atom is -0.508 e. The van der Waals surface area contributed by atoms with E-state index in [9.17, 15) is 47.4 Å². The van der Waals surface area contributed by atoms with Crippen LogP contribution in [0.1, 0.15) is 31.4 Å². The summed E-state index contributed by atoms with van der Waals surface area (Å²) >= 11 is 0. The Bertz CT molecular complexity index is 1290. The fraction of sp³-hybridized carbons (Fsp3) is 0.414. The number of hydrogen-bond donors (Lipinski definition) is 7. The first kappa shape index (κ1) is 35.5. The van der Waals surface area contributed by atoms with E-state index in [2.05, 4.69) is 21.3 Å². The Kier molecular flexibility index (Phi) is 13.1. The van der Waals surface area contributed by atoms with E-state index in [1.807, 2.05) is 0 Å². The van der Waals surface area contributed by atoms with E-state index < -0.39 is 78.8 Å². The molecule has 0 unspecified atom stereocenters. The Morgan fingerprint density at radius 3 is 1.95 bits per heavy atom. The summed E-state index contributed by atoms with van der Waals surface area (Å²) < 4.78 is 39.0. The number of carbonyl (C=O) groups excluding carboxylic acids is 4. The molecule has 0 bridgehead atoms. The SMILES string of the molecule is C[C@H](C[C@@H](NC(=O)[C@H](Cc1ccccc1)NC(=O)CNC(=O)[C@@H](C)NC(=O)[C@@H](N)Cc1ccc(O)cc1)C(=O)O)C(F)(F)F. The van der Waals surface area contributed by atoms with Gasteiger partial charge in [-0.3, -0.25) is 19.2 Å². The zero-order valence-corrected chi connectivity index (χ0v) is 24.1. The van der Waals surface area contributed by atoms with Crippen molar-refractivity contribution in [2.75, 3.05) is 6.54 Å². The van der Waals surface area contributed by atoms with E-state index in [0.29, 0.717) is 11.1 Å². The highest BCUT2D eigenvalue weighted by molar-refractivity contribution is 5.94. The van der Waals surface area contributed by atoms with Crippen molar-refractivity contribution in [3.8, 4) is 5.75 Å². The van der Waals surface area contributed by atoms with Crippen molar-refractivity contribution in [3.05, 3.63) is 65.7 Å². The minimum absolute atomic E-state index is 0.0492. The Morgan fingerprint density at radius 1 is 0.795 bits per heavy atom. The van der Waals surface area contributed by atoms with Crippen LogP contribution in [0, 0.1) is 5.92 Å². The molecule has 5 atom stereocenters. The molecule has 0 aliphatic heterocycles. The van der Waals surface area contributed by atoms with Gasteiger partial charge >= 0.3 is 12.1 Å². The van der Waals surface area contributed by atoms with E-state index in [0.717, 1.165) is 6.92 Å². The summed E-state index contributed by atoms with van der Waals surface area (Å²) in [4.78, 5) is 62.2. The molecule has 12 nitrogen and oxygen atoms in total. The zero-order valence-electron chi connectivity index (χ0n) is 24.1. The average Bonchev–Trinajstić information content (AvgIpc) is 2.96. The number of aromatic hydroxyl groups is 1. The molecule has 0 fully saturated rings. The number of benzene rings is 2. The number of carbonyl (C=O) groups is 5. The van der Waals surface area contributed by atoms with E-state index in [4.69, 9.17) is 5.73 Å². The van der Waals surface area contributed by atoms with Gasteiger partial charge in [0, 0.05) is 6.42 Å². The van der Waals surface area contributed by atoms with Gasteiger partial charge in [0.15, 0.2) is 0 Å². The second kappa shape index (κ2) is 16.3. The molecule has 15 heteroatoms. The van der Waals surface area contributed by atoms with Gasteiger partial charge in [0.1, 0.15) is 23.9 Å². The van der Waals surface area contributed by atoms with Crippen LogP contribution in [0.2, 0.25) is 0 Å². The molecule has 0 saturated carbocycles. The van der Waals surface area contributed by atoms with E-state index >= 15 is 0 Å². The molecule has 0 aliphatic rings. The number of nitrogens with one attached hydrogen (secondary N) is 4. The monoisotopic (exact) mass is 623 g/mol. The standard InChI is InChI=1S/C29H36F3N5O7/c1-16(29(30,31)32)12-23(28(43)44)37-27(42)22(14-18-6-4-3-5-7-18)36-24(39)15-34-25(40)17(2)35-26(41)21(33)13-19-8-10-20(38)11-9-19/h3-11,16-17,21-23,38H,12-15,33H2,1-2H3,(H,34,40)(H,35,41)(H,36,39)(H,37,42)(H,43,44)/t16-,17-,21+,22+,23-/m1/s1. The van der Waals surface area contributed by atoms with E-state index in [-0.39, 0.29) is 18.6 Å². The Hall–Kier alpha value is -4.66. The second-order valence-corrected chi connectivity index (χ2v) is 10.3. The van der Waals surface area contributed by atoms with Crippen molar-refractivity contribution in [1.29, 1.82) is 0 Å². The number of carboxylic acid groups (broad SMARTS) is 1. The van der Waals surface area contributed by atoms with Gasteiger partial charge in [0.25, 0.3) is 0 Å². The van der Waals surface area contributed by atoms with Gasteiger partial charge in [0.05, 0.1) is 18.5 Å². The summed E-state index contributed by atoms with van der Waals surface area (Å²) in [6.07, 6.45) is -5.60. The number of halogens is 3. The quantitative estimate of drug-likeness (QED) is 0.151. The molecule has 0 aromatic heterocycles. The first-order chi connectivity index (χ1) is 20.6. The van der Waals surface area contributed by atoms with Gasteiger partial charge in [-0.1, -0.05) is 49.4 Å². The highest BCUT2D eigenvalue weighted by atomic mass is 19.4. The number of carboxylic acids is 1. The maximum atomic E-state index is 13.0. The maximum absolute atomic E-state index is 13.0. The van der Waals surface area contributed by atoms with Crippen LogP contribution in [0.5, 0.6) is 5.75 Å². The number of aliphatic carboxylic acids is 1. The third-order valence-corrected chi connectivity index (χ3v) is 6.60. The fourth-order valence-corrected chi connectivity index (χ4v) is 3.97. The van der Waals surface area contributed by atoms with Crippen LogP contribution >= 0.6 is 0 Å². The first-order valence-corrected chi connectivity index (χ1v) is 13.6. The topological polar surface area (TPSA) is 200 Å². The Labute approximate surface area is 251 Å². The van der Waals surface area contributed by atoms with Gasteiger partial charge in [-0.2, -0.15) is 13.2 Å². The zero-order chi connectivity index (χ0) is 33.0. The first-order valence-electron chi connectivity index (χ1n) is 13.6. The van der Waals surface area contributed by atoms with Crippen molar-refractivity contribution >= 4 is 29.6 Å². The fourth-order valence-electron chi connectivity index (χ4n) is 3.97. The summed E-state index contributed by atoms with van der Waals surface area (Å²) in [5, 5.41) is 27.9. The van der Waals surface area contributed by atoms with Crippen LogP contribution < -0.4 is 27.0 Å². The van der Waals surface area contributed by atoms with Crippen molar-refractivity contribution in [2.45, 2.75) is 63.5 Å². The summed E-state index contributed by atoms with van der Waals surface area (Å²) in [6.45, 7) is 1.52. The summed E-state index contributed by atoms with van der Waals surface area (Å²) in [7, 11) is 0. The molecule has 2 aromatic rings. The number of rotatable bonds is 15. The Balaban J connectivity index is 1.98. The van der Waals surface area contributed by atoms with Crippen molar-refractivity contribution in [1.82, 2.24) is 21.3 Å². The van der Waals surface area contributed by atoms with Gasteiger partial charge in [-0.25, -0.2) is 4.79 Å². The van der Waals surface area contributed by atoms with Crippen LogP contribution in [0.15, 0.2) is 54.6 Å². The maximum Gasteiger partial charge on any atom is 0.391 e. The molecule has 8 N–H and O–H groups in total. The smallest absolute Gasteiger partial charge is 0.391 e. The van der Waals surface area contributed by atoms with Crippen molar-refractivity contribution in [2.24, 2.45) is 11.7 Å². The lowest BCUT2D eigenvalue weighted by molar-refractivity contribution is -0.175. The third-order valence-electron chi connectivity index (χ3n) is 6.60. The predicted octanol–water partition coefficient (Wildman–Crippen LogP) is 0.768. The lowest BCUT2D eigenvalue weighted by Gasteiger charge is -2.24. The number of amides is 4. The highest BCUT2D eigenvalue weighted by Gasteiger charge is 2.39. The third kappa shape index (κ3) is 11.9. The summed E-state index contributed by atoms with van der Waals surface area (Å²) in [5.74, 6) is -6.92. The molecule has 0 saturated heterocycles. The van der Waals surface area contributed by atoms with Crippen LogP contribution in [-0.4, -0.2) is 76.7 Å². The molecule has 4 amide bonds. The van der Waals surface area contributed by atoms with E-state index in [1.54, 1.807) is 42.5 Å². The Morgan fingerprint density at radius 2 is 1.39 bits per heavy atom. The second-order valence-electron chi connectivity index (χ2n) is 10.3. The average molecular weight is 624 g/mol. The molecule has 0 radical (unpaired) electrons. The van der Waals surface area contributed by atoms with Gasteiger partial charge in [0.2, 0.25) is 23.6 Å². The summed E-state index contributed by atoms with van der Waals surface area (Å²) in [5.41, 5.74) is 7.15. The number of nitrogens with two attached hydrogens (primary N) is 1. The van der Waals surface area contributed by atoms with Crippen LogP contribution in [-0.2, 0) is 36.8 Å². The lowest BCUT2D eigenvalue weighted by Crippen LogP contribution is -2.55. The van der Waals surface area contributed by atoms with Gasteiger partial charge in [-0.15, -0.1) is 0 Å². The number of phenolic OH excluding ortho intramolecular Hbond substituents is 1.